The lowest BCUT2D eigenvalue weighted by atomic mass is 10.2. The Balaban J connectivity index is 3.29. The summed E-state index contributed by atoms with van der Waals surface area (Å²) in [5.41, 5.74) is -0.255. The second-order valence-corrected chi connectivity index (χ2v) is 3.08. The molecule has 0 bridgehead atoms. The van der Waals surface area contributed by atoms with Gasteiger partial charge in [0.15, 0.2) is 0 Å². The van der Waals surface area contributed by atoms with E-state index in [4.69, 9.17) is 4.74 Å². The molecule has 0 saturated heterocycles. The van der Waals surface area contributed by atoms with Crippen molar-refractivity contribution in [1.29, 1.82) is 0 Å². The monoisotopic (exact) mass is 145 g/mol. The number of rotatable bonds is 3. The molecule has 3 heteroatoms. The van der Waals surface area contributed by atoms with E-state index in [1.807, 2.05) is 20.8 Å². The smallest absolute Gasteiger partial charge is 0.357 e. The van der Waals surface area contributed by atoms with Gasteiger partial charge in [0.25, 0.3) is 0 Å². The van der Waals surface area contributed by atoms with Crippen molar-refractivity contribution in [2.24, 2.45) is 0 Å². The molecule has 59 valence electrons. The average Bonchev–Trinajstić information content (AvgIpc) is 1.59. The van der Waals surface area contributed by atoms with Gasteiger partial charge in [-0.2, -0.15) is 0 Å². The maximum Gasteiger partial charge on any atom is 0.357 e. The maximum atomic E-state index is 9.89. The van der Waals surface area contributed by atoms with Gasteiger partial charge in [-0.25, -0.2) is 9.90 Å². The third kappa shape index (κ3) is 7.43. The predicted octanol–water partition coefficient (Wildman–Crippen LogP) is 1.15. The van der Waals surface area contributed by atoms with E-state index in [2.05, 4.69) is 0 Å². The first-order chi connectivity index (χ1) is 4.42. The zero-order valence-corrected chi connectivity index (χ0v) is 6.64. The molecular formula is C7H13O3. The lowest BCUT2D eigenvalue weighted by Gasteiger charge is -2.18. The van der Waals surface area contributed by atoms with Gasteiger partial charge in [-0.3, -0.25) is 0 Å². The minimum Gasteiger partial charge on any atom is -0.375 e. The quantitative estimate of drug-likeness (QED) is 0.598. The summed E-state index contributed by atoms with van der Waals surface area (Å²) in [7, 11) is 0. The van der Waals surface area contributed by atoms with Crippen molar-refractivity contribution in [1.82, 2.24) is 0 Å². The standard InChI is InChI=1S/C7H13O3/c1-7(2,3)10-5-4-6(8)9/h4-5H2,1-3H3. The van der Waals surface area contributed by atoms with Crippen molar-refractivity contribution in [3.8, 4) is 0 Å². The van der Waals surface area contributed by atoms with Crippen LogP contribution in [0.25, 0.3) is 0 Å². The lowest BCUT2D eigenvalue weighted by molar-refractivity contribution is -0.145. The summed E-state index contributed by atoms with van der Waals surface area (Å²) in [5, 5.41) is 9.89. The molecule has 0 N–H and O–H groups in total. The second-order valence-electron chi connectivity index (χ2n) is 3.08. The van der Waals surface area contributed by atoms with Gasteiger partial charge in [0, 0.05) is 0 Å². The first kappa shape index (κ1) is 9.43. The molecule has 0 aromatic rings. The van der Waals surface area contributed by atoms with Crippen molar-refractivity contribution in [2.75, 3.05) is 6.61 Å². The number of hydrogen-bond acceptors (Lipinski definition) is 2. The predicted molar refractivity (Wildman–Crippen MR) is 36.0 cm³/mol. The van der Waals surface area contributed by atoms with Crippen LogP contribution in [-0.4, -0.2) is 18.2 Å². The van der Waals surface area contributed by atoms with Crippen LogP contribution in [0.15, 0.2) is 0 Å². The van der Waals surface area contributed by atoms with E-state index in [9.17, 15) is 9.90 Å². The Hall–Kier alpha value is -0.570. The van der Waals surface area contributed by atoms with Gasteiger partial charge in [-0.1, -0.05) is 0 Å². The summed E-state index contributed by atoms with van der Waals surface area (Å²) in [5.74, 6) is -1.07. The number of ether oxygens (including phenoxy) is 1. The van der Waals surface area contributed by atoms with Crippen molar-refractivity contribution < 1.29 is 14.6 Å². The molecule has 0 aromatic carbocycles. The molecule has 0 heterocycles. The molecule has 0 amide bonds. The first-order valence-electron chi connectivity index (χ1n) is 3.25. The highest BCUT2D eigenvalue weighted by Gasteiger charge is 2.10. The minimum atomic E-state index is -1.07. The van der Waals surface area contributed by atoms with Gasteiger partial charge in [0.1, 0.15) is 0 Å². The molecule has 10 heavy (non-hydrogen) atoms. The molecule has 0 rings (SSSR count). The number of carbonyl (C=O) groups excluding carboxylic acids is 1. The van der Waals surface area contributed by atoms with E-state index >= 15 is 0 Å². The summed E-state index contributed by atoms with van der Waals surface area (Å²) in [6, 6.07) is 0. The van der Waals surface area contributed by atoms with Crippen LogP contribution in [0.4, 0.5) is 0 Å². The van der Waals surface area contributed by atoms with Crippen LogP contribution in [0.2, 0.25) is 0 Å². The average molecular weight is 145 g/mol. The maximum absolute atomic E-state index is 9.89. The van der Waals surface area contributed by atoms with Crippen LogP contribution < -0.4 is 0 Å². The molecule has 0 unspecified atom stereocenters. The fraction of sp³-hybridized carbons (Fsp3) is 0.857. The fourth-order valence-electron chi connectivity index (χ4n) is 0.441. The Kier molecular flexibility index (Phi) is 3.36. The van der Waals surface area contributed by atoms with Gasteiger partial charge in [-0.15, -0.1) is 0 Å². The van der Waals surface area contributed by atoms with Crippen LogP contribution in [0, 0.1) is 0 Å². The van der Waals surface area contributed by atoms with Crippen molar-refractivity contribution in [2.45, 2.75) is 32.8 Å². The van der Waals surface area contributed by atoms with Crippen LogP contribution in [0.5, 0.6) is 0 Å². The number of carbonyl (C=O) groups is 1. The summed E-state index contributed by atoms with van der Waals surface area (Å²) in [6.07, 6.45) is -0.0305. The molecule has 0 fully saturated rings. The molecule has 0 aliphatic heterocycles. The summed E-state index contributed by atoms with van der Waals surface area (Å²) >= 11 is 0. The van der Waals surface area contributed by atoms with Gasteiger partial charge < -0.3 is 4.74 Å². The van der Waals surface area contributed by atoms with Crippen LogP contribution >= 0.6 is 0 Å². The zero-order chi connectivity index (χ0) is 8.20. The first-order valence-corrected chi connectivity index (χ1v) is 3.25. The molecule has 0 aliphatic rings. The lowest BCUT2D eigenvalue weighted by Crippen LogP contribution is -2.20. The topological polar surface area (TPSA) is 46.2 Å². The van der Waals surface area contributed by atoms with E-state index in [1.54, 1.807) is 0 Å². The second kappa shape index (κ2) is 3.56. The SMILES string of the molecule is CC(C)(C)OCCC([O])=O. The van der Waals surface area contributed by atoms with E-state index in [1.165, 1.54) is 0 Å². The summed E-state index contributed by atoms with van der Waals surface area (Å²) in [4.78, 5) is 9.89. The molecule has 0 aromatic heterocycles. The van der Waals surface area contributed by atoms with Crippen molar-refractivity contribution >= 4 is 5.97 Å². The molecule has 0 spiro atoms. The van der Waals surface area contributed by atoms with Gasteiger partial charge >= 0.3 is 5.97 Å². The molecule has 0 aliphatic carbocycles. The Bertz CT molecular complexity index is 113. The molecular weight excluding hydrogens is 132 g/mol. The normalized spacial score (nSPS) is 11.5. The Morgan fingerprint density at radius 3 is 2.20 bits per heavy atom. The fourth-order valence-corrected chi connectivity index (χ4v) is 0.441. The number of hydrogen-bond donors (Lipinski definition) is 0. The highest BCUT2D eigenvalue weighted by molar-refractivity contribution is 5.66. The highest BCUT2D eigenvalue weighted by Crippen LogP contribution is 2.06. The van der Waals surface area contributed by atoms with Gasteiger partial charge in [-0.05, 0) is 20.8 Å². The van der Waals surface area contributed by atoms with E-state index in [0.29, 0.717) is 0 Å². The highest BCUT2D eigenvalue weighted by atomic mass is 16.5. The Labute approximate surface area is 61.0 Å². The molecule has 0 atom stereocenters. The third-order valence-electron chi connectivity index (χ3n) is 0.841. The van der Waals surface area contributed by atoms with Crippen LogP contribution in [0.1, 0.15) is 27.2 Å². The van der Waals surface area contributed by atoms with Crippen molar-refractivity contribution in [3.63, 3.8) is 0 Å². The van der Waals surface area contributed by atoms with E-state index in [0.717, 1.165) is 0 Å². The summed E-state index contributed by atoms with van der Waals surface area (Å²) in [6.45, 7) is 5.86. The molecule has 0 saturated carbocycles. The Morgan fingerprint density at radius 1 is 1.40 bits per heavy atom. The largest absolute Gasteiger partial charge is 0.375 e. The third-order valence-corrected chi connectivity index (χ3v) is 0.841. The molecule has 3 nitrogen and oxygen atoms in total. The van der Waals surface area contributed by atoms with E-state index in [-0.39, 0.29) is 18.6 Å². The Morgan fingerprint density at radius 2 is 1.90 bits per heavy atom. The van der Waals surface area contributed by atoms with Crippen LogP contribution in [0.3, 0.4) is 0 Å². The van der Waals surface area contributed by atoms with Gasteiger partial charge in [0.05, 0.1) is 18.6 Å². The van der Waals surface area contributed by atoms with Crippen LogP contribution in [-0.2, 0) is 14.6 Å². The van der Waals surface area contributed by atoms with E-state index < -0.39 is 5.97 Å². The molecule has 1 radical (unpaired) electrons. The summed E-state index contributed by atoms with van der Waals surface area (Å²) < 4.78 is 5.12. The zero-order valence-electron chi connectivity index (χ0n) is 6.64. The van der Waals surface area contributed by atoms with Gasteiger partial charge in [0.2, 0.25) is 0 Å². The minimum absolute atomic E-state index is 0.0305. The van der Waals surface area contributed by atoms with Crippen molar-refractivity contribution in [3.05, 3.63) is 0 Å².